The van der Waals surface area contributed by atoms with Crippen molar-refractivity contribution in [2.24, 2.45) is 4.99 Å². The second kappa shape index (κ2) is 6.22. The molecule has 0 atom stereocenters. The summed E-state index contributed by atoms with van der Waals surface area (Å²) >= 11 is 1.73. The molecule has 2 aromatic carbocycles. The molecule has 0 bridgehead atoms. The summed E-state index contributed by atoms with van der Waals surface area (Å²) in [5, 5.41) is 0. The van der Waals surface area contributed by atoms with E-state index in [1.807, 2.05) is 18.2 Å². The van der Waals surface area contributed by atoms with E-state index in [-0.39, 0.29) is 0 Å². The Morgan fingerprint density at radius 3 is 2.48 bits per heavy atom. The van der Waals surface area contributed by atoms with Gasteiger partial charge in [0.2, 0.25) is 0 Å². The molecule has 0 spiro atoms. The van der Waals surface area contributed by atoms with Gasteiger partial charge in [0.1, 0.15) is 0 Å². The standard InChI is InChI=1S/C17H17NO2S/c1-19-15-9-13-14(8-12-6-4-3-5-7-12)18-11-21-17(13)10-16(15)20-2/h3-7,9-10H,8,11H2,1-2H3. The van der Waals surface area contributed by atoms with Crippen molar-refractivity contribution in [3.8, 4) is 11.5 Å². The third-order valence-electron chi connectivity index (χ3n) is 3.49. The van der Waals surface area contributed by atoms with Crippen molar-refractivity contribution in [1.82, 2.24) is 0 Å². The molecule has 0 radical (unpaired) electrons. The SMILES string of the molecule is COc1cc2c(cc1OC)C(Cc1ccccc1)=NCS2. The summed E-state index contributed by atoms with van der Waals surface area (Å²) in [6, 6.07) is 14.5. The Hall–Kier alpha value is -1.94. The van der Waals surface area contributed by atoms with E-state index in [1.54, 1.807) is 26.0 Å². The molecule has 108 valence electrons. The first kappa shape index (κ1) is 14.0. The summed E-state index contributed by atoms with van der Waals surface area (Å²) < 4.78 is 10.8. The fourth-order valence-electron chi connectivity index (χ4n) is 2.41. The van der Waals surface area contributed by atoms with E-state index in [1.165, 1.54) is 10.5 Å². The first-order valence-electron chi connectivity index (χ1n) is 6.78. The van der Waals surface area contributed by atoms with Gasteiger partial charge in [0.25, 0.3) is 0 Å². The minimum atomic E-state index is 0.750. The average molecular weight is 299 g/mol. The molecule has 0 aromatic heterocycles. The fraction of sp³-hybridized carbons (Fsp3) is 0.235. The molecule has 3 rings (SSSR count). The predicted octanol–water partition coefficient (Wildman–Crippen LogP) is 3.80. The fourth-order valence-corrected chi connectivity index (χ4v) is 3.29. The monoisotopic (exact) mass is 299 g/mol. The van der Waals surface area contributed by atoms with Gasteiger partial charge in [-0.25, -0.2) is 0 Å². The highest BCUT2D eigenvalue weighted by Gasteiger charge is 2.19. The van der Waals surface area contributed by atoms with Crippen LogP contribution in [0.25, 0.3) is 0 Å². The van der Waals surface area contributed by atoms with Gasteiger partial charge in [-0.3, -0.25) is 4.99 Å². The van der Waals surface area contributed by atoms with Crippen LogP contribution in [0.15, 0.2) is 52.4 Å². The Morgan fingerprint density at radius 2 is 1.76 bits per heavy atom. The Kier molecular flexibility index (Phi) is 4.15. The molecule has 0 saturated heterocycles. The highest BCUT2D eigenvalue weighted by molar-refractivity contribution is 7.99. The number of methoxy groups -OCH3 is 2. The molecule has 0 fully saturated rings. The molecule has 0 N–H and O–H groups in total. The van der Waals surface area contributed by atoms with Crippen molar-refractivity contribution >= 4 is 17.5 Å². The average Bonchev–Trinajstić information content (AvgIpc) is 2.55. The summed E-state index contributed by atoms with van der Waals surface area (Å²) in [7, 11) is 3.32. The normalized spacial score (nSPS) is 13.3. The van der Waals surface area contributed by atoms with Gasteiger partial charge in [0.05, 0.1) is 20.1 Å². The second-order valence-corrected chi connectivity index (χ2v) is 5.73. The molecule has 1 aliphatic heterocycles. The summed E-state index contributed by atoms with van der Waals surface area (Å²) in [5.41, 5.74) is 3.52. The third kappa shape index (κ3) is 2.90. The molecule has 2 aromatic rings. The molecule has 0 unspecified atom stereocenters. The van der Waals surface area contributed by atoms with E-state index >= 15 is 0 Å². The lowest BCUT2D eigenvalue weighted by Crippen LogP contribution is -2.11. The largest absolute Gasteiger partial charge is 0.493 e. The van der Waals surface area contributed by atoms with Crippen molar-refractivity contribution in [2.45, 2.75) is 11.3 Å². The van der Waals surface area contributed by atoms with Crippen LogP contribution in [-0.2, 0) is 6.42 Å². The minimum absolute atomic E-state index is 0.750. The van der Waals surface area contributed by atoms with Crippen LogP contribution in [0, 0.1) is 0 Å². The summed E-state index contributed by atoms with van der Waals surface area (Å²) in [5.74, 6) is 2.27. The Labute approximate surface area is 129 Å². The molecule has 0 saturated carbocycles. The Bertz CT molecular complexity index is 668. The maximum atomic E-state index is 5.41. The Morgan fingerprint density at radius 1 is 1.05 bits per heavy atom. The number of hydrogen-bond donors (Lipinski definition) is 0. The molecule has 0 aliphatic carbocycles. The van der Waals surface area contributed by atoms with Gasteiger partial charge in [-0.2, -0.15) is 0 Å². The van der Waals surface area contributed by atoms with Gasteiger partial charge >= 0.3 is 0 Å². The number of fused-ring (bicyclic) bond motifs is 1. The number of nitrogens with zero attached hydrogens (tertiary/aromatic N) is 1. The topological polar surface area (TPSA) is 30.8 Å². The van der Waals surface area contributed by atoms with Gasteiger partial charge < -0.3 is 9.47 Å². The van der Waals surface area contributed by atoms with E-state index in [4.69, 9.17) is 9.47 Å². The van der Waals surface area contributed by atoms with Crippen molar-refractivity contribution in [3.05, 3.63) is 53.6 Å². The lowest BCUT2D eigenvalue weighted by atomic mass is 10.0. The van der Waals surface area contributed by atoms with E-state index in [9.17, 15) is 0 Å². The molecule has 3 nitrogen and oxygen atoms in total. The first-order chi connectivity index (χ1) is 10.3. The van der Waals surface area contributed by atoms with Crippen LogP contribution < -0.4 is 9.47 Å². The number of aliphatic imine (C=N–C) groups is 1. The molecule has 1 heterocycles. The van der Waals surface area contributed by atoms with Gasteiger partial charge in [-0.15, -0.1) is 11.8 Å². The molecular weight excluding hydrogens is 282 g/mol. The number of rotatable bonds is 4. The van der Waals surface area contributed by atoms with Gasteiger partial charge in [-0.1, -0.05) is 30.3 Å². The zero-order valence-electron chi connectivity index (χ0n) is 12.1. The summed E-state index contributed by atoms with van der Waals surface area (Å²) in [6.07, 6.45) is 0.837. The second-order valence-electron chi connectivity index (χ2n) is 4.74. The highest BCUT2D eigenvalue weighted by atomic mass is 32.2. The summed E-state index contributed by atoms with van der Waals surface area (Å²) in [6.45, 7) is 0. The molecule has 0 amide bonds. The molecule has 4 heteroatoms. The predicted molar refractivity (Wildman–Crippen MR) is 87.0 cm³/mol. The number of thioether (sulfide) groups is 1. The van der Waals surface area contributed by atoms with Gasteiger partial charge in [-0.05, 0) is 17.7 Å². The molecule has 1 aliphatic rings. The van der Waals surface area contributed by atoms with Crippen LogP contribution in [-0.4, -0.2) is 25.8 Å². The number of hydrogen-bond acceptors (Lipinski definition) is 4. The Balaban J connectivity index is 1.97. The van der Waals surface area contributed by atoms with Crippen LogP contribution in [0.4, 0.5) is 0 Å². The maximum absolute atomic E-state index is 5.41. The zero-order valence-corrected chi connectivity index (χ0v) is 12.9. The lowest BCUT2D eigenvalue weighted by molar-refractivity contribution is 0.354. The minimum Gasteiger partial charge on any atom is -0.493 e. The van der Waals surface area contributed by atoms with Crippen LogP contribution >= 0.6 is 11.8 Å². The highest BCUT2D eigenvalue weighted by Crippen LogP contribution is 2.38. The van der Waals surface area contributed by atoms with E-state index in [0.717, 1.165) is 35.1 Å². The van der Waals surface area contributed by atoms with E-state index in [0.29, 0.717) is 0 Å². The van der Waals surface area contributed by atoms with Crippen LogP contribution in [0.2, 0.25) is 0 Å². The van der Waals surface area contributed by atoms with Crippen LogP contribution in [0.5, 0.6) is 11.5 Å². The number of benzene rings is 2. The maximum Gasteiger partial charge on any atom is 0.161 e. The first-order valence-corrected chi connectivity index (χ1v) is 7.77. The molecule has 21 heavy (non-hydrogen) atoms. The van der Waals surface area contributed by atoms with Crippen molar-refractivity contribution in [1.29, 1.82) is 0 Å². The quantitative estimate of drug-likeness (QED) is 0.860. The smallest absolute Gasteiger partial charge is 0.161 e. The number of ether oxygens (including phenoxy) is 2. The van der Waals surface area contributed by atoms with Crippen molar-refractivity contribution in [3.63, 3.8) is 0 Å². The lowest BCUT2D eigenvalue weighted by Gasteiger charge is -2.19. The van der Waals surface area contributed by atoms with Crippen molar-refractivity contribution in [2.75, 3.05) is 20.1 Å². The van der Waals surface area contributed by atoms with Crippen LogP contribution in [0.1, 0.15) is 11.1 Å². The molecular formula is C17H17NO2S. The van der Waals surface area contributed by atoms with E-state index in [2.05, 4.69) is 29.3 Å². The van der Waals surface area contributed by atoms with Crippen LogP contribution in [0.3, 0.4) is 0 Å². The van der Waals surface area contributed by atoms with E-state index < -0.39 is 0 Å². The summed E-state index contributed by atoms with van der Waals surface area (Å²) in [4.78, 5) is 5.88. The van der Waals surface area contributed by atoms with Crippen molar-refractivity contribution < 1.29 is 9.47 Å². The van der Waals surface area contributed by atoms with Gasteiger partial charge in [0.15, 0.2) is 11.5 Å². The van der Waals surface area contributed by atoms with Gasteiger partial charge in [0, 0.05) is 22.6 Å². The zero-order chi connectivity index (χ0) is 14.7. The third-order valence-corrected chi connectivity index (χ3v) is 4.39.